The van der Waals surface area contributed by atoms with Crippen molar-refractivity contribution >= 4 is 21.5 Å². The van der Waals surface area contributed by atoms with Crippen molar-refractivity contribution in [1.82, 2.24) is 19.8 Å². The Bertz CT molecular complexity index is 1560. The van der Waals surface area contributed by atoms with Crippen molar-refractivity contribution in [3.8, 4) is 11.5 Å². The molecule has 2 saturated heterocycles. The molecule has 2 aliphatic heterocycles. The number of sulfone groups is 1. The van der Waals surface area contributed by atoms with E-state index < -0.39 is 22.0 Å². The molecule has 49 heavy (non-hydrogen) atoms. The second-order valence-corrected chi connectivity index (χ2v) is 14.3. The van der Waals surface area contributed by atoms with Crippen LogP contribution >= 0.6 is 0 Å². The van der Waals surface area contributed by atoms with Gasteiger partial charge in [0.25, 0.3) is 0 Å². The largest absolute Gasteiger partial charge is 0.491 e. The molecule has 4 aromatic rings. The Morgan fingerprint density at radius 3 is 1.31 bits per heavy atom. The van der Waals surface area contributed by atoms with Crippen molar-refractivity contribution in [2.75, 3.05) is 88.5 Å². The van der Waals surface area contributed by atoms with Crippen LogP contribution in [0.5, 0.6) is 11.5 Å². The zero-order chi connectivity index (χ0) is 34.1. The molecule has 0 aliphatic carbocycles. The summed E-state index contributed by atoms with van der Waals surface area (Å²) in [6, 6.07) is 24.2. The third-order valence-electron chi connectivity index (χ3n) is 8.78. The van der Waals surface area contributed by atoms with Crippen molar-refractivity contribution in [3.63, 3.8) is 0 Å². The number of aliphatic hydroxyl groups is 2. The van der Waals surface area contributed by atoms with E-state index in [1.165, 1.54) is 24.3 Å². The topological polar surface area (TPSA) is 132 Å². The predicted molar refractivity (Wildman–Crippen MR) is 187 cm³/mol. The molecule has 2 aromatic heterocycles. The number of ether oxygens (including phenoxy) is 2. The molecule has 260 valence electrons. The van der Waals surface area contributed by atoms with Crippen LogP contribution < -0.4 is 19.3 Å². The molecule has 0 amide bonds. The highest BCUT2D eigenvalue weighted by molar-refractivity contribution is 7.91. The van der Waals surface area contributed by atoms with Crippen LogP contribution in [0.25, 0.3) is 0 Å². The quantitative estimate of drug-likeness (QED) is 0.202. The number of benzene rings is 2. The zero-order valence-electron chi connectivity index (χ0n) is 27.5. The molecule has 2 atom stereocenters. The van der Waals surface area contributed by atoms with E-state index in [1.54, 1.807) is 36.7 Å². The van der Waals surface area contributed by atoms with E-state index in [0.29, 0.717) is 24.6 Å². The predicted octanol–water partition coefficient (Wildman–Crippen LogP) is 2.43. The molecule has 0 saturated carbocycles. The lowest BCUT2D eigenvalue weighted by Crippen LogP contribution is -2.49. The Hall–Kier alpha value is -4.27. The lowest BCUT2D eigenvalue weighted by atomic mass is 10.2. The summed E-state index contributed by atoms with van der Waals surface area (Å²) in [4.78, 5) is 18.0. The van der Waals surface area contributed by atoms with Gasteiger partial charge in [0.05, 0.1) is 9.79 Å². The summed E-state index contributed by atoms with van der Waals surface area (Å²) in [5.41, 5.74) is 0. The molecule has 6 rings (SSSR count). The molecule has 2 N–H and O–H groups in total. The van der Waals surface area contributed by atoms with Crippen LogP contribution in [-0.4, -0.2) is 129 Å². The van der Waals surface area contributed by atoms with Crippen molar-refractivity contribution in [3.05, 3.63) is 97.3 Å². The Morgan fingerprint density at radius 2 is 0.959 bits per heavy atom. The van der Waals surface area contributed by atoms with Crippen molar-refractivity contribution in [2.45, 2.75) is 22.0 Å². The SMILES string of the molecule is O=S(=O)(c1ccc(OC[C@@H](O)CN2CCN(c3ccccn3)CC2)cc1)c1ccc(OC[C@@H](O)CN2CCN(c3ccccn3)CC2)cc1. The third kappa shape index (κ3) is 9.46. The van der Waals surface area contributed by atoms with E-state index in [-0.39, 0.29) is 23.0 Å². The molecule has 0 radical (unpaired) electrons. The molecule has 12 nitrogen and oxygen atoms in total. The highest BCUT2D eigenvalue weighted by atomic mass is 32.2. The van der Waals surface area contributed by atoms with Gasteiger partial charge in [-0.15, -0.1) is 0 Å². The van der Waals surface area contributed by atoms with Crippen LogP contribution in [0.15, 0.2) is 107 Å². The molecule has 0 bridgehead atoms. The van der Waals surface area contributed by atoms with Gasteiger partial charge in [-0.25, -0.2) is 18.4 Å². The number of hydrogen-bond donors (Lipinski definition) is 2. The highest BCUT2D eigenvalue weighted by Gasteiger charge is 2.23. The standard InChI is InChI=1S/C36H44N6O6S/c43-29(25-39-17-21-41(22-18-39)35-5-1-3-15-37-35)27-47-31-7-11-33(12-8-31)49(45,46)34-13-9-32(10-14-34)48-28-30(44)26-40-19-23-42(24-20-40)36-6-2-4-16-38-36/h1-16,29-30,43-44H,17-28H2/t29-,30-/m0/s1. The zero-order valence-corrected chi connectivity index (χ0v) is 28.3. The first-order chi connectivity index (χ1) is 23.8. The first-order valence-corrected chi connectivity index (χ1v) is 18.2. The summed E-state index contributed by atoms with van der Waals surface area (Å²) in [6.07, 6.45) is 2.23. The number of pyridine rings is 2. The number of nitrogens with zero attached hydrogens (tertiary/aromatic N) is 6. The molecular formula is C36H44N6O6S. The van der Waals surface area contributed by atoms with Crippen LogP contribution in [0.3, 0.4) is 0 Å². The van der Waals surface area contributed by atoms with Gasteiger partial charge in [0.2, 0.25) is 9.84 Å². The second-order valence-electron chi connectivity index (χ2n) is 12.3. The molecular weight excluding hydrogens is 644 g/mol. The summed E-state index contributed by atoms with van der Waals surface area (Å²) in [5, 5.41) is 21.1. The van der Waals surface area contributed by atoms with Crippen molar-refractivity contribution in [1.29, 1.82) is 0 Å². The Labute approximate surface area is 288 Å². The van der Waals surface area contributed by atoms with Gasteiger partial charge in [0.15, 0.2) is 0 Å². The summed E-state index contributed by atoms with van der Waals surface area (Å²) in [5.74, 6) is 2.89. The number of rotatable bonds is 14. The maximum atomic E-state index is 13.3. The fourth-order valence-corrected chi connectivity index (χ4v) is 7.31. The fraction of sp³-hybridized carbons (Fsp3) is 0.389. The number of anilines is 2. The van der Waals surface area contributed by atoms with E-state index >= 15 is 0 Å². The molecule has 2 aromatic carbocycles. The molecule has 13 heteroatoms. The third-order valence-corrected chi connectivity index (χ3v) is 10.6. The number of aromatic nitrogens is 2. The van der Waals surface area contributed by atoms with Crippen LogP contribution in [0, 0.1) is 0 Å². The Kier molecular flexibility index (Phi) is 11.6. The summed E-state index contributed by atoms with van der Waals surface area (Å²) in [7, 11) is -3.76. The van der Waals surface area contributed by atoms with Crippen LogP contribution in [0.4, 0.5) is 11.6 Å². The molecule has 0 unspecified atom stereocenters. The lowest BCUT2D eigenvalue weighted by molar-refractivity contribution is 0.0661. The number of hydrogen-bond acceptors (Lipinski definition) is 12. The minimum absolute atomic E-state index is 0.102. The van der Waals surface area contributed by atoms with Gasteiger partial charge >= 0.3 is 0 Å². The normalized spacial score (nSPS) is 17.4. The number of piperazine rings is 2. The smallest absolute Gasteiger partial charge is 0.206 e. The van der Waals surface area contributed by atoms with Crippen LogP contribution in [-0.2, 0) is 9.84 Å². The average Bonchev–Trinajstić information content (AvgIpc) is 3.15. The van der Waals surface area contributed by atoms with E-state index in [0.717, 1.165) is 64.0 Å². The minimum atomic E-state index is -3.76. The molecule has 2 fully saturated rings. The highest BCUT2D eigenvalue weighted by Crippen LogP contribution is 2.25. The Balaban J connectivity index is 0.908. The van der Waals surface area contributed by atoms with Crippen LogP contribution in [0.2, 0.25) is 0 Å². The summed E-state index contributed by atoms with van der Waals surface area (Å²) < 4.78 is 38.1. The fourth-order valence-electron chi connectivity index (χ4n) is 6.05. The monoisotopic (exact) mass is 688 g/mol. The van der Waals surface area contributed by atoms with Gasteiger partial charge in [0.1, 0.15) is 48.6 Å². The first kappa shape index (κ1) is 34.6. The second kappa shape index (κ2) is 16.4. The maximum Gasteiger partial charge on any atom is 0.206 e. The molecule has 0 spiro atoms. The number of aliphatic hydroxyl groups excluding tert-OH is 2. The Morgan fingerprint density at radius 1 is 0.571 bits per heavy atom. The lowest BCUT2D eigenvalue weighted by Gasteiger charge is -2.36. The summed E-state index contributed by atoms with van der Waals surface area (Å²) >= 11 is 0. The molecule has 4 heterocycles. The van der Waals surface area contributed by atoms with Gasteiger partial charge in [-0.2, -0.15) is 0 Å². The molecule has 2 aliphatic rings. The van der Waals surface area contributed by atoms with Gasteiger partial charge in [-0.3, -0.25) is 9.80 Å². The maximum absolute atomic E-state index is 13.3. The average molecular weight is 689 g/mol. The number of β-amino-alcohol motifs (C(OH)–C–C–N with tert-alkyl or cyclic N) is 2. The van der Waals surface area contributed by atoms with Gasteiger partial charge in [0, 0.05) is 77.8 Å². The van der Waals surface area contributed by atoms with E-state index in [9.17, 15) is 18.6 Å². The van der Waals surface area contributed by atoms with Gasteiger partial charge in [-0.1, -0.05) is 12.1 Å². The van der Waals surface area contributed by atoms with Gasteiger partial charge < -0.3 is 29.5 Å². The van der Waals surface area contributed by atoms with Crippen molar-refractivity contribution in [2.24, 2.45) is 0 Å². The van der Waals surface area contributed by atoms with Crippen molar-refractivity contribution < 1.29 is 28.1 Å². The van der Waals surface area contributed by atoms with Gasteiger partial charge in [-0.05, 0) is 72.8 Å². The van der Waals surface area contributed by atoms with Crippen LogP contribution in [0.1, 0.15) is 0 Å². The minimum Gasteiger partial charge on any atom is -0.491 e. The van der Waals surface area contributed by atoms with E-state index in [1.807, 2.05) is 36.4 Å². The summed E-state index contributed by atoms with van der Waals surface area (Å²) in [6.45, 7) is 7.83. The van der Waals surface area contributed by atoms with E-state index in [2.05, 4.69) is 29.6 Å². The van der Waals surface area contributed by atoms with E-state index in [4.69, 9.17) is 9.47 Å². The first-order valence-electron chi connectivity index (χ1n) is 16.7.